The number of halogens is 3. The highest BCUT2D eigenvalue weighted by Crippen LogP contribution is 2.29. The second kappa shape index (κ2) is 10.5. The number of carbonyl (C=O) groups excluding carboxylic acids is 1. The van der Waals surface area contributed by atoms with E-state index < -0.39 is 16.6 Å². The van der Waals surface area contributed by atoms with E-state index in [1.165, 1.54) is 37.4 Å². The van der Waals surface area contributed by atoms with Crippen molar-refractivity contribution in [1.82, 2.24) is 10.0 Å². The van der Waals surface area contributed by atoms with Gasteiger partial charge in [-0.3, -0.25) is 4.79 Å². The summed E-state index contributed by atoms with van der Waals surface area (Å²) in [6.07, 6.45) is -0.0700. The SMILES string of the molecule is COc1cc(CNC(=O)CCNS(=O)(=O)c2ccc(Br)cc2)ccc1OC(F)F. The van der Waals surface area contributed by atoms with Gasteiger partial charge in [0.2, 0.25) is 15.9 Å². The summed E-state index contributed by atoms with van der Waals surface area (Å²) < 4.78 is 61.4. The first-order valence-corrected chi connectivity index (χ1v) is 10.6. The molecule has 0 unspecified atom stereocenters. The van der Waals surface area contributed by atoms with Crippen LogP contribution in [0.25, 0.3) is 0 Å². The first-order chi connectivity index (χ1) is 13.7. The topological polar surface area (TPSA) is 93.7 Å². The zero-order valence-electron chi connectivity index (χ0n) is 15.3. The van der Waals surface area contributed by atoms with E-state index in [-0.39, 0.29) is 41.8 Å². The Balaban J connectivity index is 1.83. The maximum Gasteiger partial charge on any atom is 0.387 e. The van der Waals surface area contributed by atoms with E-state index in [1.807, 2.05) is 0 Å². The summed E-state index contributed by atoms with van der Waals surface area (Å²) in [5.41, 5.74) is 0.604. The summed E-state index contributed by atoms with van der Waals surface area (Å²) in [5, 5.41) is 2.62. The average molecular weight is 493 g/mol. The van der Waals surface area contributed by atoms with Gasteiger partial charge in [-0.1, -0.05) is 22.0 Å². The normalized spacial score (nSPS) is 11.3. The molecule has 158 valence electrons. The Kier molecular flexibility index (Phi) is 8.35. The standard InChI is InChI=1S/C18H19BrF2N2O5S/c1-27-16-10-12(2-7-15(16)28-18(20)21)11-22-17(24)8-9-23-29(25,26)14-5-3-13(19)4-6-14/h2-7,10,18,23H,8-9,11H2,1H3,(H,22,24). The number of methoxy groups -OCH3 is 1. The molecule has 0 atom stereocenters. The molecule has 0 aliphatic rings. The molecule has 7 nitrogen and oxygen atoms in total. The van der Waals surface area contributed by atoms with Gasteiger partial charge >= 0.3 is 6.61 Å². The molecule has 0 fully saturated rings. The summed E-state index contributed by atoms with van der Waals surface area (Å²) in [7, 11) is -2.39. The first kappa shape index (κ1) is 23.0. The first-order valence-electron chi connectivity index (χ1n) is 8.35. The summed E-state index contributed by atoms with van der Waals surface area (Å²) in [5.74, 6) is -0.380. The molecule has 2 N–H and O–H groups in total. The minimum Gasteiger partial charge on any atom is -0.493 e. The lowest BCUT2D eigenvalue weighted by atomic mass is 10.2. The lowest BCUT2D eigenvalue weighted by Gasteiger charge is -2.12. The van der Waals surface area contributed by atoms with E-state index in [9.17, 15) is 22.0 Å². The molecule has 0 radical (unpaired) electrons. The van der Waals surface area contributed by atoms with Gasteiger partial charge in [0.15, 0.2) is 11.5 Å². The van der Waals surface area contributed by atoms with Crippen LogP contribution in [0, 0.1) is 0 Å². The third-order valence-electron chi connectivity index (χ3n) is 3.70. The van der Waals surface area contributed by atoms with Gasteiger partial charge in [0, 0.05) is 24.0 Å². The number of rotatable bonds is 10. The van der Waals surface area contributed by atoms with Crippen molar-refractivity contribution in [1.29, 1.82) is 0 Å². The molecule has 2 aromatic carbocycles. The van der Waals surface area contributed by atoms with Crippen LogP contribution in [0.3, 0.4) is 0 Å². The summed E-state index contributed by atoms with van der Waals surface area (Å²) in [6.45, 7) is -2.94. The van der Waals surface area contributed by atoms with Gasteiger partial charge in [-0.15, -0.1) is 0 Å². The number of ether oxygens (including phenoxy) is 2. The van der Waals surface area contributed by atoms with Crippen molar-refractivity contribution in [2.24, 2.45) is 0 Å². The highest BCUT2D eigenvalue weighted by molar-refractivity contribution is 9.10. The molecule has 0 heterocycles. The number of sulfonamides is 1. The molecular weight excluding hydrogens is 474 g/mol. The van der Waals surface area contributed by atoms with Crippen LogP contribution in [-0.2, 0) is 21.4 Å². The van der Waals surface area contributed by atoms with Crippen LogP contribution in [-0.4, -0.2) is 34.6 Å². The maximum atomic E-state index is 12.3. The van der Waals surface area contributed by atoms with Crippen LogP contribution in [0.4, 0.5) is 8.78 Å². The molecule has 1 amide bonds. The molecule has 0 bridgehead atoms. The number of hydrogen-bond acceptors (Lipinski definition) is 5. The molecule has 29 heavy (non-hydrogen) atoms. The van der Waals surface area contributed by atoms with Gasteiger partial charge in [-0.05, 0) is 42.0 Å². The van der Waals surface area contributed by atoms with Gasteiger partial charge < -0.3 is 14.8 Å². The molecule has 0 saturated carbocycles. The Labute approximate surface area is 175 Å². The van der Waals surface area contributed by atoms with Crippen LogP contribution < -0.4 is 19.5 Å². The van der Waals surface area contributed by atoms with Crippen LogP contribution in [0.1, 0.15) is 12.0 Å². The Morgan fingerprint density at radius 2 is 1.83 bits per heavy atom. The lowest BCUT2D eigenvalue weighted by Crippen LogP contribution is -2.30. The third-order valence-corrected chi connectivity index (χ3v) is 5.71. The largest absolute Gasteiger partial charge is 0.493 e. The van der Waals surface area contributed by atoms with E-state index in [0.717, 1.165) is 4.47 Å². The van der Waals surface area contributed by atoms with Crippen molar-refractivity contribution >= 4 is 31.9 Å². The monoisotopic (exact) mass is 492 g/mol. The number of nitrogens with one attached hydrogen (secondary N) is 2. The van der Waals surface area contributed by atoms with Crippen LogP contribution >= 0.6 is 15.9 Å². The van der Waals surface area contributed by atoms with Gasteiger partial charge in [0.1, 0.15) is 0 Å². The highest BCUT2D eigenvalue weighted by Gasteiger charge is 2.14. The number of hydrogen-bond donors (Lipinski definition) is 2. The Bertz CT molecular complexity index is 940. The van der Waals surface area contributed by atoms with E-state index in [4.69, 9.17) is 4.74 Å². The fourth-order valence-electron chi connectivity index (χ4n) is 2.30. The van der Waals surface area contributed by atoms with Gasteiger partial charge in [0.05, 0.1) is 12.0 Å². The Morgan fingerprint density at radius 3 is 2.45 bits per heavy atom. The predicted molar refractivity (Wildman–Crippen MR) is 105 cm³/mol. The van der Waals surface area contributed by atoms with Crippen molar-refractivity contribution in [2.75, 3.05) is 13.7 Å². The maximum absolute atomic E-state index is 12.3. The van der Waals surface area contributed by atoms with Crippen molar-refractivity contribution in [3.8, 4) is 11.5 Å². The predicted octanol–water partition coefficient (Wildman–Crippen LogP) is 3.04. The van der Waals surface area contributed by atoms with Crippen molar-refractivity contribution in [3.05, 3.63) is 52.5 Å². The number of alkyl halides is 2. The molecule has 0 aliphatic carbocycles. The minimum atomic E-state index is -3.71. The van der Waals surface area contributed by atoms with Crippen molar-refractivity contribution in [2.45, 2.75) is 24.5 Å². The van der Waals surface area contributed by atoms with E-state index >= 15 is 0 Å². The molecule has 11 heteroatoms. The van der Waals surface area contributed by atoms with E-state index in [2.05, 4.69) is 30.7 Å². The number of carbonyl (C=O) groups is 1. The summed E-state index contributed by atoms with van der Waals surface area (Å²) in [6, 6.07) is 10.4. The summed E-state index contributed by atoms with van der Waals surface area (Å²) in [4.78, 5) is 12.0. The molecule has 2 aromatic rings. The fourth-order valence-corrected chi connectivity index (χ4v) is 3.60. The zero-order valence-corrected chi connectivity index (χ0v) is 17.7. The Morgan fingerprint density at radius 1 is 1.14 bits per heavy atom. The van der Waals surface area contributed by atoms with E-state index in [1.54, 1.807) is 12.1 Å². The van der Waals surface area contributed by atoms with Gasteiger partial charge in [0.25, 0.3) is 0 Å². The number of benzene rings is 2. The fraction of sp³-hybridized carbons (Fsp3) is 0.278. The molecular formula is C18H19BrF2N2O5S. The summed E-state index contributed by atoms with van der Waals surface area (Å²) >= 11 is 3.23. The van der Waals surface area contributed by atoms with Crippen molar-refractivity contribution < 1.29 is 31.5 Å². The quantitative estimate of drug-likeness (QED) is 0.531. The smallest absolute Gasteiger partial charge is 0.387 e. The van der Waals surface area contributed by atoms with Crippen LogP contribution in [0.2, 0.25) is 0 Å². The van der Waals surface area contributed by atoms with Gasteiger partial charge in [-0.25, -0.2) is 13.1 Å². The van der Waals surface area contributed by atoms with Crippen molar-refractivity contribution in [3.63, 3.8) is 0 Å². The van der Waals surface area contributed by atoms with Crippen LogP contribution in [0.15, 0.2) is 51.8 Å². The average Bonchev–Trinajstić information content (AvgIpc) is 2.67. The molecule has 0 aliphatic heterocycles. The second-order valence-corrected chi connectivity index (χ2v) is 8.42. The molecule has 0 saturated heterocycles. The molecule has 2 rings (SSSR count). The third kappa shape index (κ3) is 7.26. The second-order valence-electron chi connectivity index (χ2n) is 5.74. The van der Waals surface area contributed by atoms with Gasteiger partial charge in [-0.2, -0.15) is 8.78 Å². The lowest BCUT2D eigenvalue weighted by molar-refractivity contribution is -0.121. The Hall–Kier alpha value is -2.24. The molecule has 0 spiro atoms. The zero-order chi connectivity index (χ0) is 21.4. The van der Waals surface area contributed by atoms with E-state index in [0.29, 0.717) is 5.56 Å². The van der Waals surface area contributed by atoms with Crippen LogP contribution in [0.5, 0.6) is 11.5 Å². The minimum absolute atomic E-state index is 0.0700. The highest BCUT2D eigenvalue weighted by atomic mass is 79.9. The number of amides is 1. The molecule has 0 aromatic heterocycles.